The van der Waals surface area contributed by atoms with E-state index in [1.54, 1.807) is 0 Å². The maximum absolute atomic E-state index is 2.39. The second kappa shape index (κ2) is 15.0. The minimum absolute atomic E-state index is 1.10. The minimum Gasteiger partial charge on any atom is -0.310 e. The van der Waals surface area contributed by atoms with Crippen LogP contribution in [-0.4, -0.2) is 0 Å². The molecule has 1 heteroatoms. The van der Waals surface area contributed by atoms with Crippen LogP contribution >= 0.6 is 0 Å². The highest BCUT2D eigenvalue weighted by Crippen LogP contribution is 2.46. The molecule has 1 nitrogen and oxygen atoms in total. The van der Waals surface area contributed by atoms with E-state index in [0.29, 0.717) is 0 Å². The smallest absolute Gasteiger partial charge is 0.0467 e. The van der Waals surface area contributed by atoms with E-state index in [9.17, 15) is 0 Å². The molecule has 268 valence electrons. The van der Waals surface area contributed by atoms with Crippen molar-refractivity contribution in [2.24, 2.45) is 0 Å². The fourth-order valence-electron chi connectivity index (χ4n) is 8.34. The summed E-state index contributed by atoms with van der Waals surface area (Å²) in [6.07, 6.45) is 0. The van der Waals surface area contributed by atoms with Crippen LogP contribution in [0.15, 0.2) is 237 Å². The van der Waals surface area contributed by atoms with Gasteiger partial charge in [-0.2, -0.15) is 0 Å². The van der Waals surface area contributed by atoms with Crippen LogP contribution in [0.2, 0.25) is 0 Å². The Kier molecular flexibility index (Phi) is 8.95. The van der Waals surface area contributed by atoms with Gasteiger partial charge in [0.25, 0.3) is 0 Å². The molecule has 0 aromatic heterocycles. The summed E-state index contributed by atoms with van der Waals surface area (Å²) in [4.78, 5) is 2.37. The highest BCUT2D eigenvalue weighted by Gasteiger charge is 2.19. The van der Waals surface area contributed by atoms with Crippen LogP contribution in [0.5, 0.6) is 0 Å². The lowest BCUT2D eigenvalue weighted by Gasteiger charge is -2.27. The standard InChI is InChI=1S/C56H39N/c1-5-17-40(18-6-1)45-25-15-27-49(37-45)57(50-28-16-26-46(38-50)41-19-7-2-8-20-41)48-34-31-42(32-35-48)47-33-36-53-54(39-47)51-29-13-14-30-52(51)55(43-21-9-3-10-22-43)56(53)44-23-11-4-12-24-44/h1-39H. The minimum atomic E-state index is 1.10. The van der Waals surface area contributed by atoms with Gasteiger partial charge in [-0.05, 0) is 120 Å². The summed E-state index contributed by atoms with van der Waals surface area (Å²) >= 11 is 0. The molecule has 10 rings (SSSR count). The Morgan fingerprint density at radius 2 is 0.561 bits per heavy atom. The number of rotatable bonds is 8. The maximum Gasteiger partial charge on any atom is 0.0467 e. The molecule has 0 saturated carbocycles. The third kappa shape index (κ3) is 6.56. The summed E-state index contributed by atoms with van der Waals surface area (Å²) in [5.74, 6) is 0. The summed E-state index contributed by atoms with van der Waals surface area (Å²) in [6, 6.07) is 85.5. The van der Waals surface area contributed by atoms with Gasteiger partial charge in [-0.1, -0.05) is 194 Å². The van der Waals surface area contributed by atoms with Crippen LogP contribution in [-0.2, 0) is 0 Å². The zero-order valence-electron chi connectivity index (χ0n) is 31.5. The van der Waals surface area contributed by atoms with E-state index in [1.165, 1.54) is 77.2 Å². The molecule has 0 heterocycles. The second-order valence-electron chi connectivity index (χ2n) is 14.5. The normalized spacial score (nSPS) is 11.2. The van der Waals surface area contributed by atoms with Crippen molar-refractivity contribution < 1.29 is 0 Å². The number of nitrogens with zero attached hydrogens (tertiary/aromatic N) is 1. The molecule has 0 fully saturated rings. The Labute approximate surface area is 334 Å². The van der Waals surface area contributed by atoms with Crippen LogP contribution < -0.4 is 4.90 Å². The second-order valence-corrected chi connectivity index (χ2v) is 14.5. The maximum atomic E-state index is 2.39. The number of anilines is 3. The Balaban J connectivity index is 1.11. The molecular weight excluding hydrogens is 687 g/mol. The molecule has 0 bridgehead atoms. The first-order chi connectivity index (χ1) is 28.3. The van der Waals surface area contributed by atoms with Gasteiger partial charge in [-0.3, -0.25) is 0 Å². The molecule has 0 unspecified atom stereocenters. The van der Waals surface area contributed by atoms with Gasteiger partial charge in [0.15, 0.2) is 0 Å². The van der Waals surface area contributed by atoms with E-state index in [1.807, 2.05) is 0 Å². The fraction of sp³-hybridized carbons (Fsp3) is 0. The van der Waals surface area contributed by atoms with E-state index < -0.39 is 0 Å². The van der Waals surface area contributed by atoms with Crippen molar-refractivity contribution in [3.63, 3.8) is 0 Å². The third-order valence-corrected chi connectivity index (χ3v) is 11.0. The number of hydrogen-bond acceptors (Lipinski definition) is 1. The molecule has 0 spiro atoms. The predicted molar refractivity (Wildman–Crippen MR) is 243 cm³/mol. The zero-order valence-corrected chi connectivity index (χ0v) is 31.5. The predicted octanol–water partition coefficient (Wildman–Crippen LogP) is 15.8. The van der Waals surface area contributed by atoms with Crippen molar-refractivity contribution in [3.8, 4) is 55.6 Å². The average molecular weight is 726 g/mol. The van der Waals surface area contributed by atoms with E-state index in [-0.39, 0.29) is 0 Å². The first kappa shape index (κ1) is 34.0. The van der Waals surface area contributed by atoms with Crippen molar-refractivity contribution in [2.75, 3.05) is 4.90 Å². The lowest BCUT2D eigenvalue weighted by Crippen LogP contribution is -2.10. The van der Waals surface area contributed by atoms with E-state index in [4.69, 9.17) is 0 Å². The van der Waals surface area contributed by atoms with Crippen LogP contribution in [0.3, 0.4) is 0 Å². The van der Waals surface area contributed by atoms with Crippen molar-refractivity contribution in [3.05, 3.63) is 237 Å². The molecule has 0 N–H and O–H groups in total. The Morgan fingerprint density at radius 3 is 1.07 bits per heavy atom. The Morgan fingerprint density at radius 1 is 0.193 bits per heavy atom. The lowest BCUT2D eigenvalue weighted by atomic mass is 9.84. The van der Waals surface area contributed by atoms with Gasteiger partial charge in [0.05, 0.1) is 0 Å². The molecule has 10 aromatic carbocycles. The molecule has 0 aliphatic rings. The fourth-order valence-corrected chi connectivity index (χ4v) is 8.34. The van der Waals surface area contributed by atoms with E-state index >= 15 is 0 Å². The molecule has 57 heavy (non-hydrogen) atoms. The molecule has 0 aliphatic heterocycles. The summed E-state index contributed by atoms with van der Waals surface area (Å²) < 4.78 is 0. The quantitative estimate of drug-likeness (QED) is 0.141. The lowest BCUT2D eigenvalue weighted by molar-refractivity contribution is 1.28. The van der Waals surface area contributed by atoms with Gasteiger partial charge in [-0.15, -0.1) is 0 Å². The largest absolute Gasteiger partial charge is 0.310 e. The van der Waals surface area contributed by atoms with Crippen LogP contribution in [0.1, 0.15) is 0 Å². The average Bonchev–Trinajstić information content (AvgIpc) is 3.30. The van der Waals surface area contributed by atoms with Crippen molar-refractivity contribution >= 4 is 38.6 Å². The summed E-state index contributed by atoms with van der Waals surface area (Å²) in [7, 11) is 0. The topological polar surface area (TPSA) is 3.24 Å². The van der Waals surface area contributed by atoms with Crippen LogP contribution in [0.4, 0.5) is 17.1 Å². The van der Waals surface area contributed by atoms with E-state index in [2.05, 4.69) is 241 Å². The molecule has 0 radical (unpaired) electrons. The molecule has 10 aromatic rings. The van der Waals surface area contributed by atoms with E-state index in [0.717, 1.165) is 17.1 Å². The zero-order chi connectivity index (χ0) is 38.0. The van der Waals surface area contributed by atoms with Gasteiger partial charge in [-0.25, -0.2) is 0 Å². The number of benzene rings is 10. The van der Waals surface area contributed by atoms with Gasteiger partial charge in [0.2, 0.25) is 0 Å². The summed E-state index contributed by atoms with van der Waals surface area (Å²) in [5.41, 5.74) is 15.4. The first-order valence-corrected chi connectivity index (χ1v) is 19.6. The first-order valence-electron chi connectivity index (χ1n) is 19.6. The molecule has 0 amide bonds. The number of fused-ring (bicyclic) bond motifs is 3. The SMILES string of the molecule is c1ccc(-c2cccc(N(c3ccc(-c4ccc5c(-c6ccccc6)c(-c6ccccc6)c6ccccc6c5c4)cc3)c3cccc(-c4ccccc4)c3)c2)cc1. The monoisotopic (exact) mass is 725 g/mol. The summed E-state index contributed by atoms with van der Waals surface area (Å²) in [6.45, 7) is 0. The van der Waals surface area contributed by atoms with Gasteiger partial charge in [0, 0.05) is 17.1 Å². The van der Waals surface area contributed by atoms with Crippen molar-refractivity contribution in [1.29, 1.82) is 0 Å². The Bertz CT molecular complexity index is 2890. The summed E-state index contributed by atoms with van der Waals surface area (Å²) in [5, 5.41) is 5.02. The van der Waals surface area contributed by atoms with Gasteiger partial charge >= 0.3 is 0 Å². The van der Waals surface area contributed by atoms with Crippen molar-refractivity contribution in [2.45, 2.75) is 0 Å². The van der Waals surface area contributed by atoms with Crippen LogP contribution in [0.25, 0.3) is 77.2 Å². The number of hydrogen-bond donors (Lipinski definition) is 0. The van der Waals surface area contributed by atoms with Gasteiger partial charge < -0.3 is 4.90 Å². The molecule has 0 atom stereocenters. The molecular formula is C56H39N. The highest BCUT2D eigenvalue weighted by atomic mass is 15.1. The van der Waals surface area contributed by atoms with Gasteiger partial charge in [0.1, 0.15) is 0 Å². The van der Waals surface area contributed by atoms with Crippen LogP contribution in [0, 0.1) is 0 Å². The van der Waals surface area contributed by atoms with Crippen molar-refractivity contribution in [1.82, 2.24) is 0 Å². The highest BCUT2D eigenvalue weighted by molar-refractivity contribution is 6.22. The molecule has 0 saturated heterocycles. The molecule has 0 aliphatic carbocycles. The third-order valence-electron chi connectivity index (χ3n) is 11.0. The Hall–Kier alpha value is -7.48.